The van der Waals surface area contributed by atoms with Crippen LogP contribution in [0.2, 0.25) is 0 Å². The summed E-state index contributed by atoms with van der Waals surface area (Å²) in [6, 6.07) is 0. The van der Waals surface area contributed by atoms with Crippen molar-refractivity contribution in [2.45, 2.75) is 17.7 Å². The molecule has 0 amide bonds. The molecule has 7 N–H and O–H groups in total. The van der Waals surface area contributed by atoms with Crippen LogP contribution in [0.1, 0.15) is 6.42 Å². The summed E-state index contributed by atoms with van der Waals surface area (Å²) in [5.74, 6) is 0. The summed E-state index contributed by atoms with van der Waals surface area (Å²) in [5.41, 5.74) is 0. The van der Waals surface area contributed by atoms with Crippen LogP contribution < -0.4 is 10.6 Å². The number of hydrogen-bond donors (Lipinski definition) is 7. The lowest BCUT2D eigenvalue weighted by Gasteiger charge is -2.31. The summed E-state index contributed by atoms with van der Waals surface area (Å²) in [7, 11) is -10.8. The second-order valence-corrected chi connectivity index (χ2v) is 7.29. The van der Waals surface area contributed by atoms with Gasteiger partial charge in [0.25, 0.3) is 5.08 Å². The third-order valence-corrected chi connectivity index (χ3v) is 5.88. The molecule has 1 aliphatic heterocycles. The van der Waals surface area contributed by atoms with E-state index in [1.165, 1.54) is 12.4 Å². The van der Waals surface area contributed by atoms with Gasteiger partial charge in [0, 0.05) is 18.8 Å². The number of rotatable bonds is 4. The largest absolute Gasteiger partial charge is 0.370 e. The van der Waals surface area contributed by atoms with Crippen molar-refractivity contribution in [1.82, 2.24) is 10.6 Å². The summed E-state index contributed by atoms with van der Waals surface area (Å²) in [6.07, 6.45) is 1.06. The second-order valence-electron chi connectivity index (χ2n) is 3.29. The van der Waals surface area contributed by atoms with Crippen molar-refractivity contribution >= 4 is 15.2 Å². The van der Waals surface area contributed by atoms with Gasteiger partial charge in [-0.2, -0.15) is 0 Å². The van der Waals surface area contributed by atoms with E-state index < -0.39 is 32.9 Å². The maximum atomic E-state index is 11.0. The zero-order valence-electron chi connectivity index (χ0n) is 7.89. The number of hydrogen-bond acceptors (Lipinski definition) is 5. The molecular weight excluding hydrogens is 262 g/mol. The molecule has 1 heterocycles. The Morgan fingerprint density at radius 1 is 1.06 bits per heavy atom. The first-order valence-electron chi connectivity index (χ1n) is 4.09. The van der Waals surface area contributed by atoms with E-state index in [4.69, 9.17) is 19.6 Å². The number of aliphatic hydroxyl groups is 1. The molecule has 0 atom stereocenters. The predicted octanol–water partition coefficient (Wildman–Crippen LogP) is -1.63. The van der Waals surface area contributed by atoms with E-state index in [0.717, 1.165) is 0 Å². The van der Waals surface area contributed by atoms with Gasteiger partial charge in [0.1, 0.15) is 0 Å². The van der Waals surface area contributed by atoms with Crippen molar-refractivity contribution in [2.24, 2.45) is 0 Å². The Bertz CT molecular complexity index is 354. The van der Waals surface area contributed by atoms with Crippen LogP contribution in [-0.2, 0) is 9.13 Å². The molecule has 0 saturated heterocycles. The molecule has 0 bridgehead atoms. The van der Waals surface area contributed by atoms with Gasteiger partial charge >= 0.3 is 15.2 Å². The Kier molecular flexibility index (Phi) is 3.52. The highest BCUT2D eigenvalue weighted by Crippen LogP contribution is 2.69. The van der Waals surface area contributed by atoms with E-state index in [1.807, 2.05) is 0 Å². The van der Waals surface area contributed by atoms with Crippen LogP contribution in [0.4, 0.5) is 0 Å². The van der Waals surface area contributed by atoms with E-state index in [9.17, 15) is 14.2 Å². The van der Waals surface area contributed by atoms with E-state index in [2.05, 4.69) is 10.6 Å². The first-order valence-corrected chi connectivity index (χ1v) is 7.31. The zero-order valence-corrected chi connectivity index (χ0v) is 9.68. The molecule has 0 aliphatic carbocycles. The van der Waals surface area contributed by atoms with Crippen LogP contribution in [0.25, 0.3) is 0 Å². The SMILES string of the molecule is O=P(O)(O)C(O)(CC1NC=CN1)P(=O)(O)O. The van der Waals surface area contributed by atoms with E-state index in [0.29, 0.717) is 0 Å². The molecule has 0 saturated carbocycles. The first-order chi connectivity index (χ1) is 7.08. The van der Waals surface area contributed by atoms with Crippen molar-refractivity contribution in [3.63, 3.8) is 0 Å². The van der Waals surface area contributed by atoms with Crippen molar-refractivity contribution in [3.05, 3.63) is 12.4 Å². The average molecular weight is 274 g/mol. The Morgan fingerprint density at radius 3 is 1.75 bits per heavy atom. The molecule has 0 unspecified atom stereocenters. The van der Waals surface area contributed by atoms with Gasteiger partial charge in [0.2, 0.25) is 0 Å². The van der Waals surface area contributed by atoms with Gasteiger partial charge in [-0.3, -0.25) is 9.13 Å². The fourth-order valence-corrected chi connectivity index (χ4v) is 3.37. The summed E-state index contributed by atoms with van der Waals surface area (Å²) in [6.45, 7) is 0. The molecule has 0 aromatic rings. The van der Waals surface area contributed by atoms with Gasteiger partial charge in [-0.25, -0.2) is 0 Å². The minimum Gasteiger partial charge on any atom is -0.370 e. The maximum Gasteiger partial charge on any atom is 0.369 e. The Hall–Kier alpha value is -0.400. The average Bonchev–Trinajstić information content (AvgIpc) is 2.52. The topological polar surface area (TPSA) is 159 Å². The third-order valence-electron chi connectivity index (χ3n) is 2.09. The van der Waals surface area contributed by atoms with Gasteiger partial charge in [0.15, 0.2) is 0 Å². The monoisotopic (exact) mass is 274 g/mol. The molecule has 0 spiro atoms. The molecule has 0 aromatic heterocycles. The third kappa shape index (κ3) is 2.46. The first kappa shape index (κ1) is 13.7. The van der Waals surface area contributed by atoms with E-state index in [-0.39, 0.29) is 0 Å². The molecule has 9 nitrogen and oxygen atoms in total. The molecule has 0 radical (unpaired) electrons. The highest BCUT2D eigenvalue weighted by atomic mass is 31.2. The highest BCUT2D eigenvalue weighted by molar-refractivity contribution is 7.72. The molecule has 94 valence electrons. The maximum absolute atomic E-state index is 11.0. The van der Waals surface area contributed by atoms with Crippen LogP contribution >= 0.6 is 15.2 Å². The minimum absolute atomic E-state index is 0.839. The van der Waals surface area contributed by atoms with Crippen LogP contribution in [0.3, 0.4) is 0 Å². The Labute approximate surface area is 90.5 Å². The smallest absolute Gasteiger partial charge is 0.369 e. The normalized spacial score (nSPS) is 18.3. The van der Waals surface area contributed by atoms with Crippen molar-refractivity contribution in [2.75, 3.05) is 0 Å². The lowest BCUT2D eigenvalue weighted by atomic mass is 10.3. The lowest BCUT2D eigenvalue weighted by Crippen LogP contribution is -2.41. The van der Waals surface area contributed by atoms with Crippen LogP contribution in [0.5, 0.6) is 0 Å². The van der Waals surface area contributed by atoms with Crippen molar-refractivity contribution in [1.29, 1.82) is 0 Å². The number of nitrogens with one attached hydrogen (secondary N) is 2. The standard InChI is InChI=1S/C5H12N2O7P2/c8-5(15(9,10)11,16(12,13)14)3-4-6-1-2-7-4/h1-2,4,6-8H,3H2,(H2,9,10,11)(H2,12,13,14). The summed E-state index contributed by atoms with van der Waals surface area (Å²) < 4.78 is 21.9. The van der Waals surface area contributed by atoms with Crippen molar-refractivity contribution < 1.29 is 33.8 Å². The fraction of sp³-hybridized carbons (Fsp3) is 0.600. The molecule has 11 heteroatoms. The summed E-state index contributed by atoms with van der Waals surface area (Å²) in [4.78, 5) is 35.3. The minimum atomic E-state index is -5.38. The van der Waals surface area contributed by atoms with E-state index in [1.54, 1.807) is 0 Å². The predicted molar refractivity (Wildman–Crippen MR) is 52.9 cm³/mol. The van der Waals surface area contributed by atoms with Gasteiger partial charge in [0.05, 0.1) is 6.17 Å². The van der Waals surface area contributed by atoms with Gasteiger partial charge < -0.3 is 35.3 Å². The lowest BCUT2D eigenvalue weighted by molar-refractivity contribution is 0.112. The van der Waals surface area contributed by atoms with Gasteiger partial charge in [-0.15, -0.1) is 0 Å². The highest BCUT2D eigenvalue weighted by Gasteiger charge is 2.60. The van der Waals surface area contributed by atoms with Crippen LogP contribution in [0.15, 0.2) is 12.4 Å². The summed E-state index contributed by atoms with van der Waals surface area (Å²) >= 11 is 0. The molecule has 1 aliphatic rings. The zero-order chi connectivity index (χ0) is 12.6. The molecule has 0 fully saturated rings. The van der Waals surface area contributed by atoms with Gasteiger partial charge in [-0.05, 0) is 0 Å². The Morgan fingerprint density at radius 2 is 1.44 bits per heavy atom. The molecule has 1 rings (SSSR count). The summed E-state index contributed by atoms with van der Waals surface area (Å²) in [5, 5.41) is 11.2. The molecule has 0 aromatic carbocycles. The molecule has 16 heavy (non-hydrogen) atoms. The quantitative estimate of drug-likeness (QED) is 0.298. The second kappa shape index (κ2) is 4.12. The van der Waals surface area contributed by atoms with Gasteiger partial charge in [-0.1, -0.05) is 0 Å². The fourth-order valence-electron chi connectivity index (χ4n) is 1.18. The van der Waals surface area contributed by atoms with E-state index >= 15 is 0 Å². The van der Waals surface area contributed by atoms with Crippen LogP contribution in [0, 0.1) is 0 Å². The molecular formula is C5H12N2O7P2. The van der Waals surface area contributed by atoms with Crippen molar-refractivity contribution in [3.8, 4) is 0 Å². The van der Waals surface area contributed by atoms with Crippen LogP contribution in [-0.4, -0.2) is 35.9 Å². The Balaban J connectivity index is 2.97.